The van der Waals surface area contributed by atoms with Gasteiger partial charge in [-0.3, -0.25) is 4.79 Å². The largest absolute Gasteiger partial charge is 0.397 e. The van der Waals surface area contributed by atoms with Gasteiger partial charge in [0.05, 0.1) is 11.7 Å². The lowest BCUT2D eigenvalue weighted by Crippen LogP contribution is -2.41. The van der Waals surface area contributed by atoms with Gasteiger partial charge in [-0.15, -0.1) is 0 Å². The number of piperidine rings is 1. The smallest absolute Gasteiger partial charge is 0.211 e. The summed E-state index contributed by atoms with van der Waals surface area (Å²) in [6.45, 7) is 15.7. The molecule has 1 aliphatic carbocycles. The number of carbonyl (C=O) groups excluding carboxylic acids is 1. The van der Waals surface area contributed by atoms with Gasteiger partial charge in [0, 0.05) is 44.8 Å². The minimum Gasteiger partial charge on any atom is -0.397 e. The van der Waals surface area contributed by atoms with E-state index < -0.39 is 0 Å². The Kier molecular flexibility index (Phi) is 21.7. The molecule has 1 amide bonds. The van der Waals surface area contributed by atoms with Crippen molar-refractivity contribution in [3.05, 3.63) is 65.9 Å². The first kappa shape index (κ1) is 40.3. The zero-order valence-electron chi connectivity index (χ0n) is 29.0. The minimum absolute atomic E-state index is 0.0954. The predicted molar refractivity (Wildman–Crippen MR) is 189 cm³/mol. The normalized spacial score (nSPS) is 18.3. The average Bonchev–Trinajstić information content (AvgIpc) is 3.07. The number of nitrogens with two attached hydrogens (primary N) is 2. The van der Waals surface area contributed by atoms with E-state index in [0.717, 1.165) is 54.4 Å². The zero-order chi connectivity index (χ0) is 33.5. The summed E-state index contributed by atoms with van der Waals surface area (Å²) in [4.78, 5) is 14.8. The summed E-state index contributed by atoms with van der Waals surface area (Å²) in [5.74, 6) is 7.16. The van der Waals surface area contributed by atoms with Crippen LogP contribution in [0.3, 0.4) is 0 Å². The fourth-order valence-corrected chi connectivity index (χ4v) is 5.54. The Labute approximate surface area is 269 Å². The Morgan fingerprint density at radius 1 is 1.00 bits per heavy atom. The number of nitrogens with one attached hydrogen (secondary N) is 1. The van der Waals surface area contributed by atoms with Crippen molar-refractivity contribution in [2.75, 3.05) is 37.4 Å². The molecule has 246 valence electrons. The lowest BCUT2D eigenvalue weighted by atomic mass is 9.72. The Morgan fingerprint density at radius 2 is 1.59 bits per heavy atom. The maximum atomic E-state index is 10.8. The molecule has 8 nitrogen and oxygen atoms in total. The van der Waals surface area contributed by atoms with Gasteiger partial charge in [0.2, 0.25) is 6.41 Å². The van der Waals surface area contributed by atoms with Gasteiger partial charge in [0.1, 0.15) is 0 Å². The number of carbonyl (C=O) groups is 1. The monoisotopic (exact) mass is 607 g/mol. The summed E-state index contributed by atoms with van der Waals surface area (Å²) < 4.78 is 0. The fourth-order valence-electron chi connectivity index (χ4n) is 5.54. The molecule has 2 aromatic rings. The molecule has 0 aromatic heterocycles. The van der Waals surface area contributed by atoms with E-state index in [1.807, 2.05) is 109 Å². The minimum atomic E-state index is 0.0954. The summed E-state index contributed by atoms with van der Waals surface area (Å²) in [5.41, 5.74) is 10.7. The van der Waals surface area contributed by atoms with Crippen LogP contribution in [-0.4, -0.2) is 43.5 Å². The van der Waals surface area contributed by atoms with Crippen molar-refractivity contribution in [2.45, 2.75) is 93.0 Å². The second-order valence-electron chi connectivity index (χ2n) is 10.4. The first-order valence-electron chi connectivity index (χ1n) is 16.6. The topological polar surface area (TPSA) is 115 Å². The quantitative estimate of drug-likeness (QED) is 0.121. The van der Waals surface area contributed by atoms with Gasteiger partial charge in [-0.1, -0.05) is 98.1 Å². The van der Waals surface area contributed by atoms with Crippen molar-refractivity contribution >= 4 is 23.5 Å². The molecule has 0 spiro atoms. The molecule has 0 radical (unpaired) electrons. The summed E-state index contributed by atoms with van der Waals surface area (Å²) in [7, 11) is 4.02. The molecular formula is C36H61N7O. The molecule has 1 aliphatic heterocycles. The van der Waals surface area contributed by atoms with Crippen LogP contribution in [0.4, 0.5) is 11.4 Å². The third-order valence-electron chi connectivity index (χ3n) is 7.57. The Hall–Kier alpha value is -3.70. The van der Waals surface area contributed by atoms with Crippen LogP contribution in [0, 0.1) is 23.3 Å². The molecule has 1 saturated carbocycles. The lowest BCUT2D eigenvalue weighted by molar-refractivity contribution is -0.105. The van der Waals surface area contributed by atoms with Gasteiger partial charge in [-0.2, -0.15) is 5.26 Å². The van der Waals surface area contributed by atoms with Crippen LogP contribution in [-0.2, 0) is 4.79 Å². The van der Waals surface area contributed by atoms with Crippen molar-refractivity contribution in [2.24, 2.45) is 23.4 Å². The number of rotatable bonds is 8. The molecule has 5 N–H and O–H groups in total. The number of benzene rings is 2. The molecular weight excluding hydrogens is 546 g/mol. The number of nitrogens with zero attached hydrogens (tertiary/aromatic N) is 4. The Morgan fingerprint density at radius 3 is 2.14 bits per heavy atom. The first-order valence-corrected chi connectivity index (χ1v) is 16.6. The molecule has 2 fully saturated rings. The highest BCUT2D eigenvalue weighted by Crippen LogP contribution is 2.44. The van der Waals surface area contributed by atoms with E-state index >= 15 is 0 Å². The predicted octanol–water partition coefficient (Wildman–Crippen LogP) is 7.96. The van der Waals surface area contributed by atoms with E-state index in [1.165, 1.54) is 25.7 Å². The van der Waals surface area contributed by atoms with Gasteiger partial charge in [-0.05, 0) is 60.4 Å². The second kappa shape index (κ2) is 23.7. The standard InChI is InChI=1S/C17H21N3O.C13H22N4.3C2H6/c18-11-20-10-14-6-2-1-5-13(14)9-17(20)15-7-3-4-8-16(15)19-12-21;1-4-9-17(15)10-13(14)11-5-7-12(8-6-11)16(2)3;3*1-2/h3-4,7-8,12-14,17H,1-2,5-6,9-10H2,(H,19,21);5-8,10H,4,9,14-15H2,1-3H3;3*1-2H3/b;13-10-;;;. The molecule has 3 unspecified atom stereocenters. The van der Waals surface area contributed by atoms with E-state index in [0.29, 0.717) is 18.0 Å². The number of hydrazine groups is 1. The molecule has 3 atom stereocenters. The third-order valence-corrected chi connectivity index (χ3v) is 7.57. The van der Waals surface area contributed by atoms with Gasteiger partial charge in [-0.25, -0.2) is 5.84 Å². The van der Waals surface area contributed by atoms with Gasteiger partial charge >= 0.3 is 0 Å². The first-order chi connectivity index (χ1) is 21.4. The Bertz CT molecular complexity index is 1090. The van der Waals surface area contributed by atoms with Crippen molar-refractivity contribution < 1.29 is 4.79 Å². The van der Waals surface area contributed by atoms with E-state index in [2.05, 4.69) is 23.3 Å². The number of anilines is 2. The van der Waals surface area contributed by atoms with E-state index in [4.69, 9.17) is 11.6 Å². The maximum Gasteiger partial charge on any atom is 0.211 e. The SMILES string of the molecule is CC.CC.CC.CCCN(N)/C=C(\N)c1ccc(N(C)C)cc1.N#CN1CC2CCCCC2CC1c1ccccc1NC=O. The number of likely N-dealkylation sites (tertiary alicyclic amines) is 1. The summed E-state index contributed by atoms with van der Waals surface area (Å²) >= 11 is 0. The van der Waals surface area contributed by atoms with Crippen LogP contribution in [0.15, 0.2) is 54.7 Å². The molecule has 1 heterocycles. The molecule has 0 bridgehead atoms. The molecule has 8 heteroatoms. The molecule has 44 heavy (non-hydrogen) atoms. The van der Waals surface area contributed by atoms with Crippen molar-refractivity contribution in [1.82, 2.24) is 9.91 Å². The second-order valence-corrected chi connectivity index (χ2v) is 10.4. The average molecular weight is 608 g/mol. The number of amides is 1. The van der Waals surface area contributed by atoms with Crippen LogP contribution in [0.1, 0.15) is 104 Å². The number of hydrogen-bond acceptors (Lipinski definition) is 7. The molecule has 2 aliphatic rings. The number of nitriles is 1. The van der Waals surface area contributed by atoms with E-state index in [9.17, 15) is 10.1 Å². The van der Waals surface area contributed by atoms with Gasteiger partial charge in [0.15, 0.2) is 6.19 Å². The highest BCUT2D eigenvalue weighted by atomic mass is 16.1. The lowest BCUT2D eigenvalue weighted by Gasteiger charge is -2.44. The molecule has 2 aromatic carbocycles. The van der Waals surface area contributed by atoms with Crippen LogP contribution in [0.5, 0.6) is 0 Å². The molecule has 4 rings (SSSR count). The van der Waals surface area contributed by atoms with Crippen molar-refractivity contribution in [3.63, 3.8) is 0 Å². The van der Waals surface area contributed by atoms with E-state index in [1.54, 1.807) is 11.2 Å². The summed E-state index contributed by atoms with van der Waals surface area (Å²) in [6.07, 6.45) is 12.0. The van der Waals surface area contributed by atoms with Crippen LogP contribution in [0.2, 0.25) is 0 Å². The van der Waals surface area contributed by atoms with Crippen molar-refractivity contribution in [3.8, 4) is 6.19 Å². The van der Waals surface area contributed by atoms with Crippen molar-refractivity contribution in [1.29, 1.82) is 5.26 Å². The maximum absolute atomic E-state index is 10.8. The zero-order valence-corrected chi connectivity index (χ0v) is 29.0. The number of fused-ring (bicyclic) bond motifs is 1. The number of hydrogen-bond donors (Lipinski definition) is 3. The van der Waals surface area contributed by atoms with Crippen LogP contribution < -0.4 is 21.8 Å². The van der Waals surface area contributed by atoms with Crippen LogP contribution >= 0.6 is 0 Å². The van der Waals surface area contributed by atoms with Crippen LogP contribution in [0.25, 0.3) is 5.70 Å². The van der Waals surface area contributed by atoms with Gasteiger partial charge < -0.3 is 25.9 Å². The summed E-state index contributed by atoms with van der Waals surface area (Å²) in [6, 6.07) is 16.0. The summed E-state index contributed by atoms with van der Waals surface area (Å²) in [5, 5.41) is 13.9. The van der Waals surface area contributed by atoms with E-state index in [-0.39, 0.29) is 6.04 Å². The Balaban J connectivity index is 0.000000731. The highest BCUT2D eigenvalue weighted by molar-refractivity contribution is 5.73. The third kappa shape index (κ3) is 12.9. The van der Waals surface area contributed by atoms with Gasteiger partial charge in [0.25, 0.3) is 0 Å². The highest BCUT2D eigenvalue weighted by Gasteiger charge is 2.37. The fraction of sp³-hybridized carbons (Fsp3) is 0.556. The molecule has 1 saturated heterocycles. The number of para-hydroxylation sites is 1.